The lowest BCUT2D eigenvalue weighted by atomic mass is 10.1. The molecule has 0 aliphatic rings. The molecule has 0 atom stereocenters. The van der Waals surface area contributed by atoms with Crippen molar-refractivity contribution in [2.45, 2.75) is 13.0 Å². The number of hydrogen-bond donors (Lipinski definition) is 2. The Morgan fingerprint density at radius 1 is 0.875 bits per heavy atom. The monoisotopic (exact) mass is 557 g/mol. The lowest BCUT2D eigenvalue weighted by Crippen LogP contribution is -2.18. The van der Waals surface area contributed by atoms with Crippen molar-refractivity contribution in [3.63, 3.8) is 0 Å². The van der Waals surface area contributed by atoms with E-state index in [1.807, 2.05) is 48.5 Å². The summed E-state index contributed by atoms with van der Waals surface area (Å²) in [6.45, 7) is 0.296. The Kier molecular flexibility index (Phi) is 9.74. The van der Waals surface area contributed by atoms with Crippen LogP contribution in [0.15, 0.2) is 96.1 Å². The topological polar surface area (TPSA) is 98.2 Å². The fraction of sp³-hybridized carbons (Fsp3) is 0.129. The van der Waals surface area contributed by atoms with Crippen molar-refractivity contribution in [1.29, 1.82) is 0 Å². The Morgan fingerprint density at radius 2 is 1.62 bits per heavy atom. The molecule has 4 aromatic carbocycles. The molecule has 204 valence electrons. The molecule has 8 nitrogen and oxygen atoms in total. The summed E-state index contributed by atoms with van der Waals surface area (Å²) < 4.78 is 16.4. The van der Waals surface area contributed by atoms with Crippen LogP contribution in [0.3, 0.4) is 0 Å². The second-order valence-electron chi connectivity index (χ2n) is 8.64. The highest BCUT2D eigenvalue weighted by molar-refractivity contribution is 6.31. The number of hydrazone groups is 1. The van der Waals surface area contributed by atoms with E-state index in [-0.39, 0.29) is 18.2 Å². The van der Waals surface area contributed by atoms with Crippen LogP contribution in [0.25, 0.3) is 0 Å². The molecule has 0 heterocycles. The van der Waals surface area contributed by atoms with Gasteiger partial charge in [-0.15, -0.1) is 0 Å². The number of nitrogens with one attached hydrogen (secondary N) is 2. The van der Waals surface area contributed by atoms with Crippen LogP contribution in [0.5, 0.6) is 17.2 Å². The minimum absolute atomic E-state index is 0.164. The van der Waals surface area contributed by atoms with Crippen LogP contribution in [-0.4, -0.2) is 32.2 Å². The molecule has 0 bridgehead atoms. The Bertz CT molecular complexity index is 1490. The molecule has 4 aromatic rings. The summed E-state index contributed by atoms with van der Waals surface area (Å²) in [5.41, 5.74) is 5.92. The van der Waals surface area contributed by atoms with E-state index in [1.54, 1.807) is 56.7 Å². The van der Waals surface area contributed by atoms with Gasteiger partial charge in [-0.3, -0.25) is 9.59 Å². The highest BCUT2D eigenvalue weighted by atomic mass is 35.5. The van der Waals surface area contributed by atoms with Gasteiger partial charge in [0, 0.05) is 21.8 Å². The predicted octanol–water partition coefficient (Wildman–Crippen LogP) is 5.88. The molecular weight excluding hydrogens is 530 g/mol. The van der Waals surface area contributed by atoms with Gasteiger partial charge in [-0.05, 0) is 71.8 Å². The quantitative estimate of drug-likeness (QED) is 0.177. The van der Waals surface area contributed by atoms with Crippen molar-refractivity contribution < 1.29 is 23.8 Å². The van der Waals surface area contributed by atoms with E-state index in [4.69, 9.17) is 25.8 Å². The molecule has 40 heavy (non-hydrogen) atoms. The standard InChI is InChI=1S/C31H28ClN3O5/c1-38-26-14-7-21(8-15-26)18-30(36)34-25-12-10-23(11-13-25)31(37)35-33-19-22-9-16-28(29(17-22)39-2)40-20-24-5-3-4-6-27(24)32/h3-17,19H,18,20H2,1-2H3,(H,34,36)(H,35,37)/b33-19+. The molecule has 4 rings (SSSR count). The third-order valence-corrected chi connectivity index (χ3v) is 6.23. The zero-order chi connectivity index (χ0) is 28.3. The van der Waals surface area contributed by atoms with E-state index in [0.29, 0.717) is 39.9 Å². The molecule has 0 fully saturated rings. The minimum atomic E-state index is -0.390. The van der Waals surface area contributed by atoms with Crippen molar-refractivity contribution in [1.82, 2.24) is 5.43 Å². The first-order chi connectivity index (χ1) is 19.4. The largest absolute Gasteiger partial charge is 0.497 e. The van der Waals surface area contributed by atoms with Gasteiger partial charge >= 0.3 is 0 Å². The van der Waals surface area contributed by atoms with Crippen molar-refractivity contribution in [3.05, 3.63) is 118 Å². The Labute approximate surface area is 237 Å². The number of rotatable bonds is 11. The summed E-state index contributed by atoms with van der Waals surface area (Å²) in [5, 5.41) is 7.50. The van der Waals surface area contributed by atoms with Crippen molar-refractivity contribution in [2.75, 3.05) is 19.5 Å². The van der Waals surface area contributed by atoms with Crippen LogP contribution >= 0.6 is 11.6 Å². The van der Waals surface area contributed by atoms with E-state index >= 15 is 0 Å². The molecular formula is C31H28ClN3O5. The van der Waals surface area contributed by atoms with Crippen LogP contribution in [0.2, 0.25) is 5.02 Å². The van der Waals surface area contributed by atoms with Crippen LogP contribution in [0, 0.1) is 0 Å². The molecule has 2 N–H and O–H groups in total. The summed E-state index contributed by atoms with van der Waals surface area (Å²) in [6.07, 6.45) is 1.73. The number of anilines is 1. The molecule has 0 saturated heterocycles. The lowest BCUT2D eigenvalue weighted by Gasteiger charge is -2.12. The first-order valence-electron chi connectivity index (χ1n) is 12.4. The first-order valence-corrected chi connectivity index (χ1v) is 12.7. The van der Waals surface area contributed by atoms with Gasteiger partial charge < -0.3 is 19.5 Å². The predicted molar refractivity (Wildman–Crippen MR) is 156 cm³/mol. The molecule has 0 saturated carbocycles. The molecule has 0 aliphatic heterocycles. The maximum atomic E-state index is 12.5. The molecule has 0 unspecified atom stereocenters. The Balaban J connectivity index is 1.28. The number of hydrogen-bond acceptors (Lipinski definition) is 6. The van der Waals surface area contributed by atoms with Gasteiger partial charge in [0.15, 0.2) is 11.5 Å². The molecule has 0 radical (unpaired) electrons. The number of carbonyl (C=O) groups excluding carboxylic acids is 2. The van der Waals surface area contributed by atoms with Crippen LogP contribution in [0.1, 0.15) is 27.0 Å². The zero-order valence-corrected chi connectivity index (χ0v) is 22.8. The fourth-order valence-electron chi connectivity index (χ4n) is 3.72. The maximum absolute atomic E-state index is 12.5. The van der Waals surface area contributed by atoms with Crippen LogP contribution in [-0.2, 0) is 17.8 Å². The van der Waals surface area contributed by atoms with Gasteiger partial charge in [0.05, 0.1) is 26.9 Å². The van der Waals surface area contributed by atoms with E-state index < -0.39 is 0 Å². The van der Waals surface area contributed by atoms with Gasteiger partial charge in [-0.1, -0.05) is 41.9 Å². The summed E-state index contributed by atoms with van der Waals surface area (Å²) in [5.74, 6) is 1.25. The summed E-state index contributed by atoms with van der Waals surface area (Å²) in [4.78, 5) is 24.9. The number of methoxy groups -OCH3 is 2. The molecule has 0 aromatic heterocycles. The van der Waals surface area contributed by atoms with E-state index in [2.05, 4.69) is 15.8 Å². The van der Waals surface area contributed by atoms with Gasteiger partial charge in [-0.2, -0.15) is 5.10 Å². The van der Waals surface area contributed by atoms with E-state index in [0.717, 1.165) is 16.9 Å². The van der Waals surface area contributed by atoms with Gasteiger partial charge in [0.25, 0.3) is 5.91 Å². The third-order valence-electron chi connectivity index (χ3n) is 5.86. The van der Waals surface area contributed by atoms with Gasteiger partial charge in [0.2, 0.25) is 5.91 Å². The highest BCUT2D eigenvalue weighted by Gasteiger charge is 2.09. The van der Waals surface area contributed by atoms with Gasteiger partial charge in [0.1, 0.15) is 12.4 Å². The van der Waals surface area contributed by atoms with Crippen LogP contribution in [0.4, 0.5) is 5.69 Å². The minimum Gasteiger partial charge on any atom is -0.497 e. The van der Waals surface area contributed by atoms with Crippen molar-refractivity contribution >= 4 is 35.3 Å². The van der Waals surface area contributed by atoms with Crippen molar-refractivity contribution in [2.24, 2.45) is 5.10 Å². The second kappa shape index (κ2) is 13.8. The lowest BCUT2D eigenvalue weighted by molar-refractivity contribution is -0.115. The SMILES string of the molecule is COc1ccc(CC(=O)Nc2ccc(C(=O)N/N=C/c3ccc(OCc4ccccc4Cl)c(OC)c3)cc2)cc1. The summed E-state index contributed by atoms with van der Waals surface area (Å²) in [6, 6.07) is 26.6. The average molecular weight is 558 g/mol. The number of amides is 2. The van der Waals surface area contributed by atoms with E-state index in [1.165, 1.54) is 6.21 Å². The molecule has 0 aliphatic carbocycles. The summed E-state index contributed by atoms with van der Waals surface area (Å²) >= 11 is 6.20. The zero-order valence-electron chi connectivity index (χ0n) is 22.0. The molecule has 2 amide bonds. The smallest absolute Gasteiger partial charge is 0.271 e. The molecule has 0 spiro atoms. The number of ether oxygens (including phenoxy) is 3. The Hall–Kier alpha value is -4.82. The van der Waals surface area contributed by atoms with Crippen LogP contribution < -0.4 is 25.0 Å². The summed E-state index contributed by atoms with van der Waals surface area (Å²) in [7, 11) is 3.14. The first kappa shape index (κ1) is 28.2. The number of benzene rings is 4. The van der Waals surface area contributed by atoms with Gasteiger partial charge in [-0.25, -0.2) is 5.43 Å². The number of halogens is 1. The number of carbonyl (C=O) groups is 2. The number of nitrogens with zero attached hydrogens (tertiary/aromatic N) is 1. The maximum Gasteiger partial charge on any atom is 0.271 e. The normalized spacial score (nSPS) is 10.7. The van der Waals surface area contributed by atoms with Crippen molar-refractivity contribution in [3.8, 4) is 17.2 Å². The average Bonchev–Trinajstić information content (AvgIpc) is 2.97. The van der Waals surface area contributed by atoms with E-state index in [9.17, 15) is 9.59 Å². The second-order valence-corrected chi connectivity index (χ2v) is 9.05. The molecule has 9 heteroatoms. The fourth-order valence-corrected chi connectivity index (χ4v) is 3.91. The third kappa shape index (κ3) is 7.85. The Morgan fingerprint density at radius 3 is 2.33 bits per heavy atom. The highest BCUT2D eigenvalue weighted by Crippen LogP contribution is 2.29.